The number of para-hydroxylation sites is 1. The third-order valence-electron chi connectivity index (χ3n) is 3.86. The Morgan fingerprint density at radius 3 is 2.31 bits per heavy atom. The van der Waals surface area contributed by atoms with Crippen LogP contribution >= 0.6 is 0 Å². The van der Waals surface area contributed by atoms with Gasteiger partial charge in [0.15, 0.2) is 0 Å². The minimum absolute atomic E-state index is 0.0663. The van der Waals surface area contributed by atoms with E-state index in [1.165, 1.54) is 18.2 Å². The molecule has 7 nitrogen and oxygen atoms in total. The Kier molecular flexibility index (Phi) is 6.24. The summed E-state index contributed by atoms with van der Waals surface area (Å²) in [7, 11) is -3.67. The van der Waals surface area contributed by atoms with Crippen molar-refractivity contribution in [3.8, 4) is 6.07 Å². The molecule has 0 saturated heterocycles. The second-order valence-corrected chi connectivity index (χ2v) is 7.70. The zero-order chi connectivity index (χ0) is 20.7. The first-order valence-corrected chi connectivity index (χ1v) is 10.1. The van der Waals surface area contributed by atoms with Gasteiger partial charge in [-0.1, -0.05) is 36.4 Å². The largest absolute Gasteiger partial charge is 0.460 e. The first-order chi connectivity index (χ1) is 14.0. The quantitative estimate of drug-likeness (QED) is 0.461. The Bertz CT molecular complexity index is 1160. The van der Waals surface area contributed by atoms with E-state index in [2.05, 4.69) is 10.0 Å². The summed E-state index contributed by atoms with van der Waals surface area (Å²) in [5, 5.41) is 11.9. The van der Waals surface area contributed by atoms with Gasteiger partial charge in [-0.15, -0.1) is 0 Å². The number of nitrogens with zero attached hydrogens (tertiary/aromatic N) is 1. The highest BCUT2D eigenvalue weighted by molar-refractivity contribution is 7.89. The molecular weight excluding hydrogens is 390 g/mol. The summed E-state index contributed by atoms with van der Waals surface area (Å²) in [6, 6.07) is 21.7. The Morgan fingerprint density at radius 1 is 1.00 bits per heavy atom. The molecule has 0 atom stereocenters. The van der Waals surface area contributed by atoms with Crippen LogP contribution in [0.4, 0.5) is 5.69 Å². The number of carbonyl (C=O) groups excluding carboxylic acids is 1. The molecule has 1 heterocycles. The number of amides is 1. The number of benzene rings is 2. The second-order valence-electron chi connectivity index (χ2n) is 5.93. The third-order valence-corrected chi connectivity index (χ3v) is 5.27. The molecule has 0 aliphatic carbocycles. The van der Waals surface area contributed by atoms with Gasteiger partial charge in [-0.3, -0.25) is 4.79 Å². The van der Waals surface area contributed by atoms with E-state index in [0.29, 0.717) is 11.4 Å². The van der Waals surface area contributed by atoms with Gasteiger partial charge in [-0.25, -0.2) is 13.1 Å². The number of carbonyl (C=O) groups is 1. The van der Waals surface area contributed by atoms with Crippen LogP contribution in [0.1, 0.15) is 11.5 Å². The Morgan fingerprint density at radius 2 is 1.66 bits per heavy atom. The molecule has 8 heteroatoms. The molecule has 0 spiro atoms. The van der Waals surface area contributed by atoms with Crippen LogP contribution in [-0.4, -0.2) is 14.3 Å². The number of hydrogen-bond donors (Lipinski definition) is 2. The van der Waals surface area contributed by atoms with Crippen molar-refractivity contribution in [2.45, 2.75) is 11.4 Å². The molecule has 0 aliphatic heterocycles. The summed E-state index contributed by atoms with van der Waals surface area (Å²) < 4.78 is 32.4. The van der Waals surface area contributed by atoms with Crippen LogP contribution in [0.5, 0.6) is 0 Å². The van der Waals surface area contributed by atoms with E-state index < -0.39 is 15.9 Å². The van der Waals surface area contributed by atoms with E-state index in [1.54, 1.807) is 54.6 Å². The number of hydrogen-bond acceptors (Lipinski definition) is 5. The molecule has 0 radical (unpaired) electrons. The molecule has 3 aromatic rings. The lowest BCUT2D eigenvalue weighted by Crippen LogP contribution is -2.22. The maximum atomic E-state index is 12.2. The summed E-state index contributed by atoms with van der Waals surface area (Å²) in [5.74, 6) is 0.0385. The fourth-order valence-electron chi connectivity index (χ4n) is 2.43. The van der Waals surface area contributed by atoms with Gasteiger partial charge in [0.1, 0.15) is 23.2 Å². The predicted molar refractivity (Wildman–Crippen MR) is 108 cm³/mol. The highest BCUT2D eigenvalue weighted by atomic mass is 32.2. The van der Waals surface area contributed by atoms with Gasteiger partial charge < -0.3 is 9.73 Å². The summed E-state index contributed by atoms with van der Waals surface area (Å²) >= 11 is 0. The van der Waals surface area contributed by atoms with Crippen molar-refractivity contribution in [3.63, 3.8) is 0 Å². The zero-order valence-corrected chi connectivity index (χ0v) is 16.0. The maximum absolute atomic E-state index is 12.2. The normalized spacial score (nSPS) is 11.6. The van der Waals surface area contributed by atoms with Gasteiger partial charge in [-0.05, 0) is 36.4 Å². The molecule has 0 fully saturated rings. The average molecular weight is 407 g/mol. The van der Waals surface area contributed by atoms with Crippen LogP contribution in [0.3, 0.4) is 0 Å². The van der Waals surface area contributed by atoms with Crippen molar-refractivity contribution < 1.29 is 17.6 Å². The molecule has 2 aromatic carbocycles. The molecule has 146 valence electrons. The summed E-state index contributed by atoms with van der Waals surface area (Å²) in [4.78, 5) is 12.4. The van der Waals surface area contributed by atoms with Crippen molar-refractivity contribution in [2.75, 3.05) is 5.32 Å². The lowest BCUT2D eigenvalue weighted by molar-refractivity contribution is -0.112. The molecule has 1 aromatic heterocycles. The predicted octanol–water partition coefficient (Wildman–Crippen LogP) is 3.30. The van der Waals surface area contributed by atoms with E-state index in [9.17, 15) is 18.5 Å². The van der Waals surface area contributed by atoms with Gasteiger partial charge >= 0.3 is 0 Å². The lowest BCUT2D eigenvalue weighted by atomic mass is 10.2. The fourth-order valence-corrected chi connectivity index (χ4v) is 3.44. The number of furan rings is 1. The molecule has 0 bridgehead atoms. The standard InChI is InChI=1S/C21H17N3O4S/c22-14-16(21(25)24-17-7-3-1-4-8-17)13-18-11-12-19(28-18)15-23-29(26,27)20-9-5-2-6-10-20/h1-13,23H,15H2,(H,24,25)/b16-13-. The van der Waals surface area contributed by atoms with Crippen molar-refractivity contribution in [2.24, 2.45) is 0 Å². The van der Waals surface area contributed by atoms with Gasteiger partial charge in [0.25, 0.3) is 5.91 Å². The lowest BCUT2D eigenvalue weighted by Gasteiger charge is -2.05. The summed E-state index contributed by atoms with van der Waals surface area (Å²) in [6.07, 6.45) is 1.30. The molecule has 3 rings (SSSR count). The monoisotopic (exact) mass is 407 g/mol. The maximum Gasteiger partial charge on any atom is 0.266 e. The SMILES string of the molecule is N#C/C(=C/c1ccc(CNS(=O)(=O)c2ccccc2)o1)C(=O)Nc1ccccc1. The smallest absolute Gasteiger partial charge is 0.266 e. The molecule has 2 N–H and O–H groups in total. The zero-order valence-electron chi connectivity index (χ0n) is 15.2. The van der Waals surface area contributed by atoms with Gasteiger partial charge in [0, 0.05) is 11.8 Å². The van der Waals surface area contributed by atoms with Crippen molar-refractivity contribution in [1.29, 1.82) is 5.26 Å². The number of nitriles is 1. The van der Waals surface area contributed by atoms with Gasteiger partial charge in [0.2, 0.25) is 10.0 Å². The molecular formula is C21H17N3O4S. The fraction of sp³-hybridized carbons (Fsp3) is 0.0476. The molecule has 0 saturated carbocycles. The minimum Gasteiger partial charge on any atom is -0.460 e. The molecule has 0 unspecified atom stereocenters. The topological polar surface area (TPSA) is 112 Å². The van der Waals surface area contributed by atoms with Crippen LogP contribution in [0, 0.1) is 11.3 Å². The summed E-state index contributed by atoms with van der Waals surface area (Å²) in [6.45, 7) is -0.0663. The van der Waals surface area contributed by atoms with Crippen LogP contribution in [0.25, 0.3) is 6.08 Å². The Balaban J connectivity index is 1.67. The number of anilines is 1. The number of nitrogens with one attached hydrogen (secondary N) is 2. The first kappa shape index (κ1) is 20.1. The number of sulfonamides is 1. The average Bonchev–Trinajstić information content (AvgIpc) is 3.19. The minimum atomic E-state index is -3.67. The van der Waals surface area contributed by atoms with Gasteiger partial charge in [0.05, 0.1) is 11.4 Å². The summed E-state index contributed by atoms with van der Waals surface area (Å²) in [5.41, 5.74) is 0.425. The van der Waals surface area contributed by atoms with E-state index >= 15 is 0 Å². The van der Waals surface area contributed by atoms with E-state index in [1.807, 2.05) is 12.1 Å². The Labute approximate surface area is 168 Å². The van der Waals surface area contributed by atoms with Crippen LogP contribution in [0.2, 0.25) is 0 Å². The first-order valence-electron chi connectivity index (χ1n) is 8.59. The van der Waals surface area contributed by atoms with Gasteiger partial charge in [-0.2, -0.15) is 5.26 Å². The molecule has 0 aliphatic rings. The highest BCUT2D eigenvalue weighted by Gasteiger charge is 2.15. The number of rotatable bonds is 7. The van der Waals surface area contributed by atoms with Crippen LogP contribution < -0.4 is 10.0 Å². The van der Waals surface area contributed by atoms with E-state index in [-0.39, 0.29) is 22.8 Å². The second kappa shape index (κ2) is 9.01. The van der Waals surface area contributed by atoms with E-state index in [0.717, 1.165) is 0 Å². The van der Waals surface area contributed by atoms with Crippen LogP contribution in [-0.2, 0) is 21.4 Å². The van der Waals surface area contributed by atoms with Crippen molar-refractivity contribution in [1.82, 2.24) is 4.72 Å². The Hall–Kier alpha value is -3.67. The van der Waals surface area contributed by atoms with E-state index in [4.69, 9.17) is 4.42 Å². The third kappa shape index (κ3) is 5.42. The van der Waals surface area contributed by atoms with Crippen molar-refractivity contribution in [3.05, 3.63) is 89.9 Å². The van der Waals surface area contributed by atoms with Crippen molar-refractivity contribution >= 4 is 27.7 Å². The molecule has 29 heavy (non-hydrogen) atoms. The molecule has 1 amide bonds. The highest BCUT2D eigenvalue weighted by Crippen LogP contribution is 2.15. The van der Waals surface area contributed by atoms with Crippen LogP contribution in [0.15, 0.2) is 87.7 Å².